The molecule has 0 aromatic carbocycles. The number of hydrogen-bond donors (Lipinski definition) is 0. The van der Waals surface area contributed by atoms with Crippen molar-refractivity contribution in [2.24, 2.45) is 0 Å². The van der Waals surface area contributed by atoms with Crippen LogP contribution in [-0.4, -0.2) is 60.6 Å². The minimum atomic E-state index is 0.310. The molecule has 0 aromatic heterocycles. The van der Waals surface area contributed by atoms with Crippen molar-refractivity contribution in [3.63, 3.8) is 0 Å². The van der Waals surface area contributed by atoms with Gasteiger partial charge in [-0.3, -0.25) is 0 Å². The molecule has 0 nitrogen and oxygen atoms in total. The molecule has 0 heterocycles. The average molecular weight is 396 g/mol. The van der Waals surface area contributed by atoms with Crippen LogP contribution >= 0.6 is 33.0 Å². The van der Waals surface area contributed by atoms with Gasteiger partial charge in [0.15, 0.2) is 0 Å². The quantitative estimate of drug-likeness (QED) is 0.254. The summed E-state index contributed by atoms with van der Waals surface area (Å²) >= 11 is 0. The summed E-state index contributed by atoms with van der Waals surface area (Å²) in [4.78, 5) is 0. The summed E-state index contributed by atoms with van der Waals surface area (Å²) in [6.45, 7) is 14.4. The summed E-state index contributed by atoms with van der Waals surface area (Å²) in [6.07, 6.45) is 17.5. The van der Waals surface area contributed by atoms with Crippen LogP contribution in [-0.2, 0) is 0 Å². The molecule has 23 heavy (non-hydrogen) atoms. The van der Waals surface area contributed by atoms with Crippen molar-refractivity contribution < 1.29 is 0 Å². The lowest BCUT2D eigenvalue weighted by atomic mass is 9.99. The minimum Gasteiger partial charge on any atom is -0.131 e. The Morgan fingerprint density at radius 3 is 0.913 bits per heavy atom. The van der Waals surface area contributed by atoms with Crippen molar-refractivity contribution in [3.8, 4) is 0 Å². The van der Waals surface area contributed by atoms with Gasteiger partial charge >= 0.3 is 0 Å². The highest BCUT2D eigenvalue weighted by molar-refractivity contribution is 7.58. The van der Waals surface area contributed by atoms with Gasteiger partial charge in [0.1, 0.15) is 0 Å². The highest BCUT2D eigenvalue weighted by atomic mass is 31.1. The molecule has 0 spiro atoms. The van der Waals surface area contributed by atoms with Crippen LogP contribution in [0.3, 0.4) is 0 Å². The van der Waals surface area contributed by atoms with E-state index in [9.17, 15) is 0 Å². The van der Waals surface area contributed by atoms with Gasteiger partial charge in [0.25, 0.3) is 0 Å². The fraction of sp³-hybridized carbons (Fsp3) is 1.00. The fourth-order valence-corrected chi connectivity index (χ4v) is 9.82. The van der Waals surface area contributed by atoms with Gasteiger partial charge in [-0.2, -0.15) is 0 Å². The molecule has 0 rings (SSSR count). The van der Waals surface area contributed by atoms with Gasteiger partial charge in [0, 0.05) is 0 Å². The van der Waals surface area contributed by atoms with E-state index >= 15 is 0 Å². The first-order valence-electron chi connectivity index (χ1n) is 9.94. The molecular formula is C19H44P4. The molecule has 0 aliphatic rings. The van der Waals surface area contributed by atoms with Crippen molar-refractivity contribution in [1.29, 1.82) is 0 Å². The molecule has 0 aliphatic carbocycles. The Bertz CT molecular complexity index is 217. The molecular weight excluding hydrogens is 352 g/mol. The summed E-state index contributed by atoms with van der Waals surface area (Å²) < 4.78 is 0. The Balaban J connectivity index is 4.66. The zero-order valence-electron chi connectivity index (χ0n) is 16.9. The van der Waals surface area contributed by atoms with Crippen LogP contribution in [0, 0.1) is 0 Å². The number of rotatable bonds is 15. The second-order valence-corrected chi connectivity index (χ2v) is 17.1. The average Bonchev–Trinajstić information content (AvgIpc) is 2.57. The van der Waals surface area contributed by atoms with Gasteiger partial charge in [-0.25, -0.2) is 0 Å². The van der Waals surface area contributed by atoms with Crippen LogP contribution in [0.2, 0.25) is 0 Å². The van der Waals surface area contributed by atoms with Crippen LogP contribution in [0.5, 0.6) is 0 Å². The van der Waals surface area contributed by atoms with Crippen LogP contribution < -0.4 is 0 Å². The van der Waals surface area contributed by atoms with Crippen molar-refractivity contribution in [2.45, 2.75) is 66.0 Å². The molecule has 0 saturated carbocycles. The third-order valence-electron chi connectivity index (χ3n) is 5.46. The zero-order valence-corrected chi connectivity index (χ0v) is 20.7. The van der Waals surface area contributed by atoms with E-state index < -0.39 is 0 Å². The maximum atomic E-state index is 3.37. The maximum absolute atomic E-state index is 3.37. The molecule has 0 aromatic rings. The smallest absolute Gasteiger partial charge is 0.0140 e. The molecule has 0 bridgehead atoms. The Hall–Kier alpha value is 1.72. The largest absolute Gasteiger partial charge is 0.131 e. The Labute approximate surface area is 154 Å². The van der Waals surface area contributed by atoms with E-state index in [0.717, 1.165) is 0 Å². The van der Waals surface area contributed by atoms with Crippen molar-refractivity contribution >= 4 is 33.0 Å². The molecule has 4 heteroatoms. The fourth-order valence-electron chi connectivity index (χ4n) is 3.14. The summed E-state index contributed by atoms with van der Waals surface area (Å²) in [6, 6.07) is 0. The van der Waals surface area contributed by atoms with Crippen LogP contribution in [0.1, 0.15) is 60.8 Å². The van der Waals surface area contributed by atoms with Crippen molar-refractivity contribution in [3.05, 3.63) is 0 Å². The normalized spacial score (nSPS) is 12.8. The van der Waals surface area contributed by atoms with Crippen molar-refractivity contribution in [2.75, 3.05) is 55.5 Å². The number of hydrogen-bond acceptors (Lipinski definition) is 0. The second kappa shape index (κ2) is 14.8. The van der Waals surface area contributed by atoms with Gasteiger partial charge in [-0.05, 0) is 79.9 Å². The predicted octanol–water partition coefficient (Wildman–Crippen LogP) is 7.34. The molecule has 0 N–H and O–H groups in total. The van der Waals surface area contributed by atoms with E-state index in [1.807, 2.05) is 0 Å². The maximum Gasteiger partial charge on any atom is -0.0140 e. The molecule has 0 amide bonds. The standard InChI is InChI=1S/C19H44P4/c1-7-21(8-2)16-13-19(20,14-17-22(9-3)10-4)15-18-23(11-5)12-6/h7-18,20H2,1-6H3. The van der Waals surface area contributed by atoms with E-state index in [1.165, 1.54) is 74.7 Å². The summed E-state index contributed by atoms with van der Waals surface area (Å²) in [5.41, 5.74) is 0. The van der Waals surface area contributed by atoms with Gasteiger partial charge in [0.05, 0.1) is 0 Å². The first-order chi connectivity index (χ1) is 11.0. The van der Waals surface area contributed by atoms with E-state index in [1.54, 1.807) is 0 Å². The zero-order chi connectivity index (χ0) is 17.7. The van der Waals surface area contributed by atoms with Gasteiger partial charge < -0.3 is 0 Å². The Kier molecular flexibility index (Phi) is 16.0. The topological polar surface area (TPSA) is 0 Å². The van der Waals surface area contributed by atoms with Crippen molar-refractivity contribution in [1.82, 2.24) is 0 Å². The lowest BCUT2D eigenvalue weighted by Gasteiger charge is -2.34. The molecule has 1 unspecified atom stereocenters. The summed E-state index contributed by atoms with van der Waals surface area (Å²) in [5, 5.41) is 0.556. The van der Waals surface area contributed by atoms with E-state index in [-0.39, 0.29) is 0 Å². The van der Waals surface area contributed by atoms with Crippen LogP contribution in [0.4, 0.5) is 0 Å². The molecule has 0 saturated heterocycles. The van der Waals surface area contributed by atoms with Gasteiger partial charge in [-0.15, -0.1) is 33.0 Å². The minimum absolute atomic E-state index is 0.310. The monoisotopic (exact) mass is 396 g/mol. The van der Waals surface area contributed by atoms with Crippen LogP contribution in [0.15, 0.2) is 0 Å². The second-order valence-electron chi connectivity index (χ2n) is 6.69. The van der Waals surface area contributed by atoms with Crippen LogP contribution in [0.25, 0.3) is 0 Å². The molecule has 0 aliphatic heterocycles. The van der Waals surface area contributed by atoms with Gasteiger partial charge in [-0.1, -0.05) is 41.5 Å². The molecule has 1 atom stereocenters. The van der Waals surface area contributed by atoms with Gasteiger partial charge in [0.2, 0.25) is 0 Å². The van der Waals surface area contributed by atoms with E-state index in [2.05, 4.69) is 50.8 Å². The lowest BCUT2D eigenvalue weighted by Crippen LogP contribution is -2.25. The highest BCUT2D eigenvalue weighted by Crippen LogP contribution is 2.47. The third kappa shape index (κ3) is 11.1. The third-order valence-corrected chi connectivity index (χ3v) is 14.3. The van der Waals surface area contributed by atoms with E-state index in [4.69, 9.17) is 0 Å². The lowest BCUT2D eigenvalue weighted by molar-refractivity contribution is 0.538. The molecule has 0 radical (unpaired) electrons. The molecule has 0 fully saturated rings. The summed E-state index contributed by atoms with van der Waals surface area (Å²) in [7, 11) is 4.30. The Morgan fingerprint density at radius 2 is 0.739 bits per heavy atom. The van der Waals surface area contributed by atoms with E-state index in [0.29, 0.717) is 28.9 Å². The highest BCUT2D eigenvalue weighted by Gasteiger charge is 2.26. The first-order valence-corrected chi connectivity index (χ1v) is 16.2. The SMILES string of the molecule is CCP(CC)CCC(P)(CCP(CC)CC)CCP(CC)CC. The predicted molar refractivity (Wildman–Crippen MR) is 125 cm³/mol. The first kappa shape index (κ1) is 24.7. The molecule has 140 valence electrons. The Morgan fingerprint density at radius 1 is 0.522 bits per heavy atom. The summed E-state index contributed by atoms with van der Waals surface area (Å²) in [5.74, 6) is 0.